The van der Waals surface area contributed by atoms with Gasteiger partial charge in [0, 0.05) is 44.8 Å². The Balaban J connectivity index is 1.67. The van der Waals surface area contributed by atoms with Gasteiger partial charge in [-0.1, -0.05) is 19.8 Å². The molecule has 3 N–H and O–H groups in total. The predicted molar refractivity (Wildman–Crippen MR) is 81.5 cm³/mol. The van der Waals surface area contributed by atoms with E-state index in [1.54, 1.807) is 0 Å². The van der Waals surface area contributed by atoms with E-state index in [4.69, 9.17) is 5.73 Å². The molecule has 0 aromatic rings. The maximum absolute atomic E-state index is 12.0. The fourth-order valence-corrected chi connectivity index (χ4v) is 3.41. The third kappa shape index (κ3) is 4.43. The van der Waals surface area contributed by atoms with E-state index in [1.807, 2.05) is 0 Å². The molecule has 20 heavy (non-hydrogen) atoms. The summed E-state index contributed by atoms with van der Waals surface area (Å²) in [6.45, 7) is 7.52. The van der Waals surface area contributed by atoms with Gasteiger partial charge >= 0.3 is 0 Å². The molecular formula is C15H30N4O. The molecule has 1 aliphatic carbocycles. The number of carbonyl (C=O) groups excluding carboxylic acids is 1. The van der Waals surface area contributed by atoms with Crippen molar-refractivity contribution in [1.82, 2.24) is 15.1 Å². The van der Waals surface area contributed by atoms with Crippen molar-refractivity contribution >= 4 is 5.91 Å². The van der Waals surface area contributed by atoms with Crippen LogP contribution in [0.4, 0.5) is 0 Å². The summed E-state index contributed by atoms with van der Waals surface area (Å²) in [5.41, 5.74) is 5.80. The Hall–Kier alpha value is -0.650. The molecule has 2 aliphatic rings. The smallest absolute Gasteiger partial charge is 0.234 e. The molecule has 5 heteroatoms. The van der Waals surface area contributed by atoms with Crippen LogP contribution in [0.3, 0.4) is 0 Å². The van der Waals surface area contributed by atoms with Crippen LogP contribution in [0.1, 0.15) is 39.0 Å². The normalized spacial score (nSPS) is 23.9. The highest BCUT2D eigenvalue weighted by molar-refractivity contribution is 5.78. The molecule has 0 spiro atoms. The van der Waals surface area contributed by atoms with Gasteiger partial charge in [-0.3, -0.25) is 14.6 Å². The van der Waals surface area contributed by atoms with Crippen LogP contribution in [-0.2, 0) is 4.79 Å². The second-order valence-corrected chi connectivity index (χ2v) is 6.16. The second-order valence-electron chi connectivity index (χ2n) is 6.16. The molecule has 116 valence electrons. The molecular weight excluding hydrogens is 252 g/mol. The first kappa shape index (κ1) is 15.7. The molecule has 1 heterocycles. The van der Waals surface area contributed by atoms with Gasteiger partial charge in [0.25, 0.3) is 0 Å². The second kappa shape index (κ2) is 7.96. The van der Waals surface area contributed by atoms with Crippen molar-refractivity contribution in [3.8, 4) is 0 Å². The fourth-order valence-electron chi connectivity index (χ4n) is 3.41. The zero-order valence-corrected chi connectivity index (χ0v) is 12.8. The van der Waals surface area contributed by atoms with Crippen LogP contribution in [0.5, 0.6) is 0 Å². The standard InChI is InChI=1S/C15H30N4O/c1-2-14(11-16)19-9-7-18(8-10-19)12-15(20)17-13-5-3-4-6-13/h13-14H,2-12,16H2,1H3,(H,17,20). The minimum Gasteiger partial charge on any atom is -0.352 e. The fraction of sp³-hybridized carbons (Fsp3) is 0.933. The summed E-state index contributed by atoms with van der Waals surface area (Å²) < 4.78 is 0. The van der Waals surface area contributed by atoms with E-state index < -0.39 is 0 Å². The SMILES string of the molecule is CCC(CN)N1CCN(CC(=O)NC2CCCC2)CC1. The summed E-state index contributed by atoms with van der Waals surface area (Å²) >= 11 is 0. The van der Waals surface area contributed by atoms with Gasteiger partial charge in [-0.2, -0.15) is 0 Å². The Morgan fingerprint density at radius 3 is 2.45 bits per heavy atom. The first-order valence-corrected chi connectivity index (χ1v) is 8.18. The van der Waals surface area contributed by atoms with E-state index in [0.29, 0.717) is 18.6 Å². The molecule has 0 aromatic carbocycles. The molecule has 1 saturated carbocycles. The van der Waals surface area contributed by atoms with Gasteiger partial charge < -0.3 is 11.1 Å². The number of amides is 1. The van der Waals surface area contributed by atoms with Crippen molar-refractivity contribution in [3.05, 3.63) is 0 Å². The molecule has 2 rings (SSSR count). The van der Waals surface area contributed by atoms with Crippen LogP contribution in [-0.4, -0.2) is 67.1 Å². The summed E-state index contributed by atoms with van der Waals surface area (Å²) in [5, 5.41) is 3.17. The predicted octanol–water partition coefficient (Wildman–Crippen LogP) is 0.400. The number of piperazine rings is 1. The van der Waals surface area contributed by atoms with Crippen molar-refractivity contribution in [1.29, 1.82) is 0 Å². The zero-order valence-electron chi connectivity index (χ0n) is 12.8. The van der Waals surface area contributed by atoms with Crippen LogP contribution in [0.2, 0.25) is 0 Å². The van der Waals surface area contributed by atoms with Crippen molar-refractivity contribution < 1.29 is 4.79 Å². The minimum atomic E-state index is 0.205. The monoisotopic (exact) mass is 282 g/mol. The third-order valence-electron chi connectivity index (χ3n) is 4.75. The van der Waals surface area contributed by atoms with E-state index >= 15 is 0 Å². The lowest BCUT2D eigenvalue weighted by Crippen LogP contribution is -2.54. The van der Waals surface area contributed by atoms with Gasteiger partial charge in [-0.15, -0.1) is 0 Å². The number of hydrogen-bond donors (Lipinski definition) is 2. The molecule has 0 radical (unpaired) electrons. The van der Waals surface area contributed by atoms with Crippen LogP contribution >= 0.6 is 0 Å². The van der Waals surface area contributed by atoms with Crippen molar-refractivity contribution in [2.24, 2.45) is 5.73 Å². The molecule has 1 aliphatic heterocycles. The van der Waals surface area contributed by atoms with Crippen LogP contribution in [0.15, 0.2) is 0 Å². The average Bonchev–Trinajstić information content (AvgIpc) is 2.94. The van der Waals surface area contributed by atoms with Crippen LogP contribution < -0.4 is 11.1 Å². The Labute approximate surface area is 122 Å². The van der Waals surface area contributed by atoms with E-state index in [-0.39, 0.29) is 5.91 Å². The lowest BCUT2D eigenvalue weighted by molar-refractivity contribution is -0.123. The Bertz CT molecular complexity index is 292. The van der Waals surface area contributed by atoms with Gasteiger partial charge in [0.1, 0.15) is 0 Å². The van der Waals surface area contributed by atoms with Crippen LogP contribution in [0.25, 0.3) is 0 Å². The quantitative estimate of drug-likeness (QED) is 0.740. The van der Waals surface area contributed by atoms with E-state index in [2.05, 4.69) is 22.0 Å². The summed E-state index contributed by atoms with van der Waals surface area (Å²) in [5.74, 6) is 0.205. The Morgan fingerprint density at radius 2 is 1.90 bits per heavy atom. The molecule has 1 saturated heterocycles. The highest BCUT2D eigenvalue weighted by atomic mass is 16.2. The first-order valence-electron chi connectivity index (χ1n) is 8.18. The lowest BCUT2D eigenvalue weighted by atomic mass is 10.1. The first-order chi connectivity index (χ1) is 9.72. The van der Waals surface area contributed by atoms with Gasteiger partial charge in [0.2, 0.25) is 5.91 Å². The van der Waals surface area contributed by atoms with E-state index in [9.17, 15) is 4.79 Å². The summed E-state index contributed by atoms with van der Waals surface area (Å²) in [6, 6.07) is 0.940. The molecule has 1 amide bonds. The molecule has 1 atom stereocenters. The highest BCUT2D eigenvalue weighted by Gasteiger charge is 2.24. The van der Waals surface area contributed by atoms with Crippen molar-refractivity contribution in [3.63, 3.8) is 0 Å². The Kier molecular flexibility index (Phi) is 6.26. The third-order valence-corrected chi connectivity index (χ3v) is 4.75. The zero-order chi connectivity index (χ0) is 14.4. The maximum Gasteiger partial charge on any atom is 0.234 e. The largest absolute Gasteiger partial charge is 0.352 e. The summed E-state index contributed by atoms with van der Waals surface area (Å²) in [6.07, 6.45) is 5.96. The van der Waals surface area contributed by atoms with Gasteiger partial charge in [0.15, 0.2) is 0 Å². The Morgan fingerprint density at radius 1 is 1.25 bits per heavy atom. The molecule has 5 nitrogen and oxygen atoms in total. The van der Waals surface area contributed by atoms with Gasteiger partial charge in [-0.05, 0) is 19.3 Å². The van der Waals surface area contributed by atoms with Crippen molar-refractivity contribution in [2.75, 3.05) is 39.3 Å². The molecule has 0 aromatic heterocycles. The highest BCUT2D eigenvalue weighted by Crippen LogP contribution is 2.17. The molecule has 2 fully saturated rings. The van der Waals surface area contributed by atoms with Gasteiger partial charge in [0.05, 0.1) is 6.54 Å². The number of rotatable bonds is 6. The number of carbonyl (C=O) groups is 1. The summed E-state index contributed by atoms with van der Waals surface area (Å²) in [7, 11) is 0. The van der Waals surface area contributed by atoms with E-state index in [1.165, 1.54) is 12.8 Å². The average molecular weight is 282 g/mol. The van der Waals surface area contributed by atoms with E-state index in [0.717, 1.165) is 52.0 Å². The number of nitrogens with two attached hydrogens (primary N) is 1. The lowest BCUT2D eigenvalue weighted by Gasteiger charge is -2.38. The molecule has 1 unspecified atom stereocenters. The number of nitrogens with zero attached hydrogens (tertiary/aromatic N) is 2. The molecule has 0 bridgehead atoms. The van der Waals surface area contributed by atoms with Gasteiger partial charge in [-0.25, -0.2) is 0 Å². The number of nitrogens with one attached hydrogen (secondary N) is 1. The summed E-state index contributed by atoms with van der Waals surface area (Å²) in [4.78, 5) is 16.7. The topological polar surface area (TPSA) is 61.6 Å². The van der Waals surface area contributed by atoms with Crippen LogP contribution in [0, 0.1) is 0 Å². The minimum absolute atomic E-state index is 0.205. The van der Waals surface area contributed by atoms with Crippen molar-refractivity contribution in [2.45, 2.75) is 51.1 Å². The maximum atomic E-state index is 12.0. The number of hydrogen-bond acceptors (Lipinski definition) is 4.